The maximum absolute atomic E-state index is 12.5. The molecule has 0 aromatic heterocycles. The second-order valence-corrected chi connectivity index (χ2v) is 6.24. The fourth-order valence-electron chi connectivity index (χ4n) is 3.15. The third-order valence-corrected chi connectivity index (χ3v) is 4.71. The number of carbonyl (C=O) groups is 2. The fourth-order valence-corrected chi connectivity index (χ4v) is 3.51. The molecule has 0 unspecified atom stereocenters. The maximum Gasteiger partial charge on any atom is 0.240 e. The van der Waals surface area contributed by atoms with Crippen LogP contribution in [0.25, 0.3) is 0 Å². The lowest BCUT2D eigenvalue weighted by Gasteiger charge is -2.17. The number of hydrogen-bond acceptors (Lipinski definition) is 3. The molecular formula is C14H10INO3. The van der Waals surface area contributed by atoms with Gasteiger partial charge in [0.1, 0.15) is 0 Å². The Morgan fingerprint density at radius 1 is 0.947 bits per heavy atom. The van der Waals surface area contributed by atoms with E-state index in [9.17, 15) is 9.59 Å². The van der Waals surface area contributed by atoms with Gasteiger partial charge in [0.15, 0.2) is 0 Å². The number of benzene rings is 1. The Kier molecular flexibility index (Phi) is 2.38. The Hall–Kier alpha value is -1.21. The van der Waals surface area contributed by atoms with Crippen LogP contribution in [0, 0.1) is 15.4 Å². The average molecular weight is 367 g/mol. The number of carbonyl (C=O) groups excluding carboxylic acids is 2. The van der Waals surface area contributed by atoms with Crippen molar-refractivity contribution in [3.05, 3.63) is 40.0 Å². The van der Waals surface area contributed by atoms with Crippen LogP contribution in [-0.2, 0) is 14.3 Å². The van der Waals surface area contributed by atoms with Crippen molar-refractivity contribution in [2.24, 2.45) is 11.8 Å². The number of hydrogen-bond donors (Lipinski definition) is 0. The van der Waals surface area contributed by atoms with Crippen LogP contribution in [0.5, 0.6) is 0 Å². The lowest BCUT2D eigenvalue weighted by molar-refractivity contribution is -0.124. The smallest absolute Gasteiger partial charge is 0.240 e. The van der Waals surface area contributed by atoms with Gasteiger partial charge in [-0.1, -0.05) is 12.2 Å². The molecule has 3 aliphatic heterocycles. The predicted octanol–water partition coefficient (Wildman–Crippen LogP) is 1.73. The molecule has 3 aliphatic rings. The van der Waals surface area contributed by atoms with E-state index in [0.717, 1.165) is 3.57 Å². The molecule has 0 spiro atoms. The first-order valence-corrected chi connectivity index (χ1v) is 7.22. The van der Waals surface area contributed by atoms with Crippen molar-refractivity contribution in [2.45, 2.75) is 12.2 Å². The minimum atomic E-state index is -0.332. The minimum absolute atomic E-state index is 0.131. The van der Waals surface area contributed by atoms with Crippen molar-refractivity contribution in [3.8, 4) is 0 Å². The van der Waals surface area contributed by atoms with Gasteiger partial charge in [0.2, 0.25) is 11.8 Å². The lowest BCUT2D eigenvalue weighted by atomic mass is 9.85. The van der Waals surface area contributed by atoms with E-state index in [2.05, 4.69) is 22.6 Å². The van der Waals surface area contributed by atoms with Gasteiger partial charge in [-0.25, -0.2) is 4.90 Å². The van der Waals surface area contributed by atoms with E-state index < -0.39 is 0 Å². The largest absolute Gasteiger partial charge is 0.365 e. The van der Waals surface area contributed by atoms with E-state index in [0.29, 0.717) is 5.69 Å². The van der Waals surface area contributed by atoms with E-state index in [-0.39, 0.29) is 35.9 Å². The average Bonchev–Trinajstić information content (AvgIpc) is 3.06. The molecule has 4 rings (SSSR count). The summed E-state index contributed by atoms with van der Waals surface area (Å²) in [5, 5.41) is 0. The van der Waals surface area contributed by atoms with Gasteiger partial charge < -0.3 is 4.74 Å². The van der Waals surface area contributed by atoms with Gasteiger partial charge in [0.25, 0.3) is 0 Å². The first kappa shape index (κ1) is 11.6. The molecule has 4 nitrogen and oxygen atoms in total. The summed E-state index contributed by atoms with van der Waals surface area (Å²) in [4.78, 5) is 26.2. The Morgan fingerprint density at radius 3 is 2.00 bits per heavy atom. The predicted molar refractivity (Wildman–Crippen MR) is 76.4 cm³/mol. The Balaban J connectivity index is 1.74. The maximum atomic E-state index is 12.5. The third-order valence-electron chi connectivity index (χ3n) is 4.00. The van der Waals surface area contributed by atoms with E-state index in [4.69, 9.17) is 4.74 Å². The zero-order chi connectivity index (χ0) is 13.1. The molecule has 2 bridgehead atoms. The number of amides is 2. The van der Waals surface area contributed by atoms with E-state index >= 15 is 0 Å². The van der Waals surface area contributed by atoms with Crippen LogP contribution in [0.3, 0.4) is 0 Å². The van der Waals surface area contributed by atoms with Crippen molar-refractivity contribution < 1.29 is 14.3 Å². The summed E-state index contributed by atoms with van der Waals surface area (Å²) in [6.07, 6.45) is 3.35. The highest BCUT2D eigenvalue weighted by atomic mass is 127. The number of halogens is 1. The molecule has 2 saturated heterocycles. The molecule has 19 heavy (non-hydrogen) atoms. The van der Waals surface area contributed by atoms with E-state index in [1.54, 1.807) is 0 Å². The van der Waals surface area contributed by atoms with Crippen molar-refractivity contribution in [3.63, 3.8) is 0 Å². The number of rotatable bonds is 1. The van der Waals surface area contributed by atoms with Gasteiger partial charge >= 0.3 is 0 Å². The number of ether oxygens (including phenoxy) is 1. The molecule has 0 saturated carbocycles. The van der Waals surface area contributed by atoms with Crippen LogP contribution in [0.15, 0.2) is 36.4 Å². The summed E-state index contributed by atoms with van der Waals surface area (Å²) in [5.41, 5.74) is 0.657. The molecule has 1 aromatic carbocycles. The van der Waals surface area contributed by atoms with E-state index in [1.165, 1.54) is 4.90 Å². The summed E-state index contributed by atoms with van der Waals surface area (Å²) < 4.78 is 6.68. The first-order chi connectivity index (χ1) is 9.16. The van der Waals surface area contributed by atoms with Gasteiger partial charge in [-0.05, 0) is 46.9 Å². The molecule has 96 valence electrons. The standard InChI is InChI=1S/C14H10INO3/c15-7-1-3-8(4-2-7)16-13(17)11-9-5-6-10(19-9)12(11)14(16)18/h1-6,9-12H/t9-,10-,11-,12+/m1/s1. The van der Waals surface area contributed by atoms with Gasteiger partial charge in [-0.15, -0.1) is 0 Å². The molecule has 5 heteroatoms. The van der Waals surface area contributed by atoms with Gasteiger partial charge in [0, 0.05) is 3.57 Å². The number of fused-ring (bicyclic) bond motifs is 5. The van der Waals surface area contributed by atoms with Gasteiger partial charge in [0.05, 0.1) is 29.7 Å². The quantitative estimate of drug-likeness (QED) is 0.432. The van der Waals surface area contributed by atoms with Crippen LogP contribution in [0.1, 0.15) is 0 Å². The van der Waals surface area contributed by atoms with E-state index in [1.807, 2.05) is 36.4 Å². The highest BCUT2D eigenvalue weighted by Gasteiger charge is 2.60. The topological polar surface area (TPSA) is 46.6 Å². The molecule has 2 amide bonds. The van der Waals surface area contributed by atoms with Gasteiger partial charge in [-0.2, -0.15) is 0 Å². The van der Waals surface area contributed by atoms with Crippen molar-refractivity contribution >= 4 is 40.1 Å². The fraction of sp³-hybridized carbons (Fsp3) is 0.286. The number of imide groups is 1. The number of anilines is 1. The second kappa shape index (κ2) is 3.89. The number of nitrogens with zero attached hydrogens (tertiary/aromatic N) is 1. The normalized spacial score (nSPS) is 35.3. The molecular weight excluding hydrogens is 357 g/mol. The van der Waals surface area contributed by atoms with Gasteiger partial charge in [-0.3, -0.25) is 9.59 Å². The molecule has 0 aliphatic carbocycles. The second-order valence-electron chi connectivity index (χ2n) is 4.99. The molecule has 3 heterocycles. The third kappa shape index (κ3) is 1.48. The van der Waals surface area contributed by atoms with Crippen LogP contribution >= 0.6 is 22.6 Å². The summed E-state index contributed by atoms with van der Waals surface area (Å²) in [6.45, 7) is 0. The van der Waals surface area contributed by atoms with Crippen LogP contribution < -0.4 is 4.90 Å². The van der Waals surface area contributed by atoms with Crippen molar-refractivity contribution in [2.75, 3.05) is 4.90 Å². The summed E-state index contributed by atoms with van der Waals surface area (Å²) >= 11 is 2.20. The molecule has 0 radical (unpaired) electrons. The summed E-state index contributed by atoms with van der Waals surface area (Å²) in [7, 11) is 0. The summed E-state index contributed by atoms with van der Waals surface area (Å²) in [5.74, 6) is -0.926. The highest BCUT2D eigenvalue weighted by molar-refractivity contribution is 14.1. The lowest BCUT2D eigenvalue weighted by Crippen LogP contribution is -2.34. The van der Waals surface area contributed by atoms with Crippen molar-refractivity contribution in [1.82, 2.24) is 0 Å². The Morgan fingerprint density at radius 2 is 1.47 bits per heavy atom. The van der Waals surface area contributed by atoms with Crippen LogP contribution in [-0.4, -0.2) is 24.0 Å². The monoisotopic (exact) mass is 367 g/mol. The highest BCUT2D eigenvalue weighted by Crippen LogP contribution is 2.46. The Bertz CT molecular complexity index is 580. The summed E-state index contributed by atoms with van der Waals surface area (Å²) in [6, 6.07) is 7.42. The minimum Gasteiger partial charge on any atom is -0.365 e. The molecule has 4 atom stereocenters. The Labute approximate surface area is 123 Å². The molecule has 2 fully saturated rings. The molecule has 0 N–H and O–H groups in total. The van der Waals surface area contributed by atoms with Crippen LogP contribution in [0.2, 0.25) is 0 Å². The van der Waals surface area contributed by atoms with Crippen LogP contribution in [0.4, 0.5) is 5.69 Å². The molecule has 1 aromatic rings. The SMILES string of the molecule is O=C1[C@@H]2[C@H](C(=O)N1c1ccc(I)cc1)[C@H]1C=C[C@H]2O1. The zero-order valence-electron chi connectivity index (χ0n) is 9.82. The zero-order valence-corrected chi connectivity index (χ0v) is 12.0. The first-order valence-electron chi connectivity index (χ1n) is 6.14. The van der Waals surface area contributed by atoms with Crippen molar-refractivity contribution in [1.29, 1.82) is 0 Å².